The quantitative estimate of drug-likeness (QED) is 0.304. The lowest BCUT2D eigenvalue weighted by molar-refractivity contribution is -0.385. The standard InChI is InChI=1S/C22H21N3O7/c1-12-5-4-6-14(9-12)23-20(26)17-11-15(21(27)32-3)19(24(17)22(23)28)13-7-8-18(31-2)16(10-13)25(29)30/h4-10,15,17,19H,11H2,1-3H3. The van der Waals surface area contributed by atoms with Crippen molar-refractivity contribution in [2.45, 2.75) is 25.4 Å². The average molecular weight is 439 g/mol. The number of carbonyl (C=O) groups is 3. The highest BCUT2D eigenvalue weighted by atomic mass is 16.6. The summed E-state index contributed by atoms with van der Waals surface area (Å²) in [6.45, 7) is 1.85. The number of fused-ring (bicyclic) bond motifs is 1. The van der Waals surface area contributed by atoms with Crippen LogP contribution < -0.4 is 9.64 Å². The maximum atomic E-state index is 13.4. The molecular weight excluding hydrogens is 418 g/mol. The molecule has 3 amide bonds. The summed E-state index contributed by atoms with van der Waals surface area (Å²) < 4.78 is 9.97. The number of anilines is 1. The molecule has 10 nitrogen and oxygen atoms in total. The number of nitrogens with zero attached hydrogens (tertiary/aromatic N) is 3. The number of rotatable bonds is 5. The van der Waals surface area contributed by atoms with Gasteiger partial charge in [-0.3, -0.25) is 19.7 Å². The van der Waals surface area contributed by atoms with Gasteiger partial charge in [-0.15, -0.1) is 0 Å². The number of imide groups is 1. The van der Waals surface area contributed by atoms with Gasteiger partial charge < -0.3 is 14.4 Å². The predicted molar refractivity (Wildman–Crippen MR) is 112 cm³/mol. The first-order valence-electron chi connectivity index (χ1n) is 9.91. The molecule has 32 heavy (non-hydrogen) atoms. The number of esters is 1. The second-order valence-corrected chi connectivity index (χ2v) is 7.72. The monoisotopic (exact) mass is 439 g/mol. The van der Waals surface area contributed by atoms with Gasteiger partial charge in [0.05, 0.1) is 36.8 Å². The number of benzene rings is 2. The summed E-state index contributed by atoms with van der Waals surface area (Å²) in [6, 6.07) is 8.87. The molecule has 0 saturated carbocycles. The number of hydrogen-bond acceptors (Lipinski definition) is 7. The summed E-state index contributed by atoms with van der Waals surface area (Å²) >= 11 is 0. The summed E-state index contributed by atoms with van der Waals surface area (Å²) in [5.74, 6) is -1.83. The fourth-order valence-corrected chi connectivity index (χ4v) is 4.51. The normalized spacial score (nSPS) is 22.2. The second-order valence-electron chi connectivity index (χ2n) is 7.72. The smallest absolute Gasteiger partial charge is 0.332 e. The van der Waals surface area contributed by atoms with Crippen LogP contribution in [-0.2, 0) is 14.3 Å². The van der Waals surface area contributed by atoms with Gasteiger partial charge in [-0.1, -0.05) is 18.2 Å². The van der Waals surface area contributed by atoms with Gasteiger partial charge in [-0.25, -0.2) is 9.69 Å². The van der Waals surface area contributed by atoms with Crippen molar-refractivity contribution >= 4 is 29.3 Å². The van der Waals surface area contributed by atoms with E-state index in [4.69, 9.17) is 9.47 Å². The number of ether oxygens (including phenoxy) is 2. The topological polar surface area (TPSA) is 119 Å². The first kappa shape index (κ1) is 21.3. The van der Waals surface area contributed by atoms with Gasteiger partial charge in [0.25, 0.3) is 5.91 Å². The average Bonchev–Trinajstić information content (AvgIpc) is 3.28. The van der Waals surface area contributed by atoms with Gasteiger partial charge in [-0.2, -0.15) is 0 Å². The maximum absolute atomic E-state index is 13.4. The van der Waals surface area contributed by atoms with Crippen LogP contribution in [0.5, 0.6) is 5.75 Å². The third kappa shape index (κ3) is 3.24. The van der Waals surface area contributed by atoms with Crippen molar-refractivity contribution in [1.29, 1.82) is 0 Å². The fourth-order valence-electron chi connectivity index (χ4n) is 4.51. The molecule has 2 aromatic carbocycles. The van der Waals surface area contributed by atoms with Crippen molar-refractivity contribution in [1.82, 2.24) is 4.90 Å². The third-order valence-corrected chi connectivity index (χ3v) is 5.92. The SMILES string of the molecule is COC(=O)C1CC2C(=O)N(c3cccc(C)c3)C(=O)N2C1c1ccc(OC)c([N+](=O)[O-])c1. The number of aryl methyl sites for hydroxylation is 1. The van der Waals surface area contributed by atoms with Crippen LogP contribution in [0.3, 0.4) is 0 Å². The summed E-state index contributed by atoms with van der Waals surface area (Å²) in [4.78, 5) is 52.5. The number of nitro benzene ring substituents is 1. The Morgan fingerprint density at radius 2 is 1.91 bits per heavy atom. The minimum absolute atomic E-state index is 0.0492. The summed E-state index contributed by atoms with van der Waals surface area (Å²) in [6.07, 6.45) is 0.0596. The Bertz CT molecular complexity index is 1130. The van der Waals surface area contributed by atoms with Gasteiger partial charge >= 0.3 is 17.7 Å². The molecule has 0 aliphatic carbocycles. The zero-order valence-corrected chi connectivity index (χ0v) is 17.7. The number of amides is 3. The lowest BCUT2D eigenvalue weighted by Crippen LogP contribution is -2.37. The van der Waals surface area contributed by atoms with Crippen molar-refractivity contribution in [3.63, 3.8) is 0 Å². The molecule has 4 rings (SSSR count). The van der Waals surface area contributed by atoms with E-state index in [0.29, 0.717) is 11.3 Å². The first-order valence-corrected chi connectivity index (χ1v) is 9.91. The maximum Gasteiger partial charge on any atom is 0.332 e. The Labute approximate surface area is 183 Å². The van der Waals surface area contributed by atoms with Gasteiger partial charge in [0.2, 0.25) is 0 Å². The van der Waals surface area contributed by atoms with Crippen LogP contribution in [-0.4, -0.2) is 48.0 Å². The molecule has 2 aromatic rings. The number of carbonyl (C=O) groups excluding carboxylic acids is 3. The second kappa shape index (κ2) is 7.95. The Hall–Kier alpha value is -3.95. The van der Waals surface area contributed by atoms with Crippen LogP contribution in [0.4, 0.5) is 16.2 Å². The van der Waals surface area contributed by atoms with E-state index in [2.05, 4.69) is 0 Å². The molecule has 2 fully saturated rings. The van der Waals surface area contributed by atoms with E-state index < -0.39 is 40.8 Å². The van der Waals surface area contributed by atoms with Crippen LogP contribution in [0.25, 0.3) is 0 Å². The first-order chi connectivity index (χ1) is 15.3. The van der Waals surface area contributed by atoms with Crippen LogP contribution in [0.1, 0.15) is 23.6 Å². The molecule has 3 atom stereocenters. The van der Waals surface area contributed by atoms with E-state index in [9.17, 15) is 24.5 Å². The highest BCUT2D eigenvalue weighted by Gasteiger charge is 2.58. The molecule has 0 N–H and O–H groups in total. The van der Waals surface area contributed by atoms with Crippen LogP contribution in [0.2, 0.25) is 0 Å². The van der Waals surface area contributed by atoms with E-state index in [-0.39, 0.29) is 17.9 Å². The summed E-state index contributed by atoms with van der Waals surface area (Å²) in [5, 5.41) is 11.5. The highest BCUT2D eigenvalue weighted by Crippen LogP contribution is 2.47. The summed E-state index contributed by atoms with van der Waals surface area (Å²) in [5.41, 5.74) is 1.36. The van der Waals surface area contributed by atoms with Gasteiger partial charge in [-0.05, 0) is 42.7 Å². The molecule has 166 valence electrons. The van der Waals surface area contributed by atoms with Crippen molar-refractivity contribution in [2.24, 2.45) is 5.92 Å². The molecule has 0 radical (unpaired) electrons. The Kier molecular flexibility index (Phi) is 5.29. The molecule has 2 heterocycles. The zero-order chi connectivity index (χ0) is 23.2. The molecule has 2 aliphatic heterocycles. The van der Waals surface area contributed by atoms with E-state index in [0.717, 1.165) is 10.5 Å². The zero-order valence-electron chi connectivity index (χ0n) is 17.7. The number of hydrogen-bond donors (Lipinski definition) is 0. The third-order valence-electron chi connectivity index (χ3n) is 5.92. The van der Waals surface area contributed by atoms with Crippen LogP contribution in [0.15, 0.2) is 42.5 Å². The van der Waals surface area contributed by atoms with E-state index in [1.165, 1.54) is 31.3 Å². The molecule has 2 saturated heterocycles. The van der Waals surface area contributed by atoms with Crippen LogP contribution in [0, 0.1) is 23.0 Å². The lowest BCUT2D eigenvalue weighted by atomic mass is 9.92. The van der Waals surface area contributed by atoms with E-state index >= 15 is 0 Å². The largest absolute Gasteiger partial charge is 0.490 e. The molecule has 0 aromatic heterocycles. The molecule has 10 heteroatoms. The van der Waals surface area contributed by atoms with Gasteiger partial charge in [0.15, 0.2) is 5.75 Å². The minimum atomic E-state index is -0.900. The van der Waals surface area contributed by atoms with Gasteiger partial charge in [0, 0.05) is 6.07 Å². The number of methoxy groups -OCH3 is 2. The highest BCUT2D eigenvalue weighted by molar-refractivity contribution is 6.22. The fraction of sp³-hybridized carbons (Fsp3) is 0.318. The van der Waals surface area contributed by atoms with Crippen molar-refractivity contribution in [2.75, 3.05) is 19.1 Å². The lowest BCUT2D eigenvalue weighted by Gasteiger charge is -2.27. The Morgan fingerprint density at radius 3 is 2.53 bits per heavy atom. The van der Waals surface area contributed by atoms with Crippen molar-refractivity contribution < 1.29 is 28.8 Å². The molecule has 2 aliphatic rings. The molecule has 0 spiro atoms. The Morgan fingerprint density at radius 1 is 1.16 bits per heavy atom. The molecule has 0 bridgehead atoms. The van der Waals surface area contributed by atoms with Crippen molar-refractivity contribution in [3.8, 4) is 5.75 Å². The van der Waals surface area contributed by atoms with Gasteiger partial charge in [0.1, 0.15) is 6.04 Å². The van der Waals surface area contributed by atoms with Crippen molar-refractivity contribution in [3.05, 3.63) is 63.7 Å². The number of nitro groups is 1. The van der Waals surface area contributed by atoms with E-state index in [1.54, 1.807) is 24.3 Å². The Balaban J connectivity index is 1.80. The molecular formula is C22H21N3O7. The number of urea groups is 1. The predicted octanol–water partition coefficient (Wildman–Crippen LogP) is 2.98. The van der Waals surface area contributed by atoms with Crippen LogP contribution >= 0.6 is 0 Å². The van der Waals surface area contributed by atoms with E-state index in [1.807, 2.05) is 13.0 Å². The molecule has 3 unspecified atom stereocenters. The minimum Gasteiger partial charge on any atom is -0.490 e. The summed E-state index contributed by atoms with van der Waals surface area (Å²) in [7, 11) is 2.54.